The van der Waals surface area contributed by atoms with Gasteiger partial charge in [0.05, 0.1) is 4.90 Å². The quantitative estimate of drug-likeness (QED) is 0.429. The summed E-state index contributed by atoms with van der Waals surface area (Å²) in [6.45, 7) is 4.62. The minimum absolute atomic E-state index is 0.00491. The van der Waals surface area contributed by atoms with E-state index in [1.165, 1.54) is 24.3 Å². The van der Waals surface area contributed by atoms with E-state index in [1.807, 2.05) is 21.4 Å². The number of hydrogen-bond donors (Lipinski definition) is 1. The predicted molar refractivity (Wildman–Crippen MR) is 142 cm³/mol. The number of sulfonamides is 1. The van der Waals surface area contributed by atoms with Gasteiger partial charge in [-0.2, -0.15) is 13.2 Å². The number of carbonyl (C=O) groups excluding carboxylic acids is 1. The van der Waals surface area contributed by atoms with Crippen LogP contribution in [0.5, 0.6) is 0 Å². The summed E-state index contributed by atoms with van der Waals surface area (Å²) in [6.07, 6.45) is -3.09. The minimum atomic E-state index is -4.71. The highest BCUT2D eigenvalue weighted by Crippen LogP contribution is 2.34. The Morgan fingerprint density at radius 2 is 1.73 bits per heavy atom. The molecule has 2 aromatic carbocycles. The Morgan fingerprint density at radius 3 is 2.38 bits per heavy atom. The van der Waals surface area contributed by atoms with E-state index in [1.54, 1.807) is 23.1 Å². The van der Waals surface area contributed by atoms with Gasteiger partial charge in [-0.1, -0.05) is 11.3 Å². The lowest BCUT2D eigenvalue weighted by Crippen LogP contribution is -2.55. The fourth-order valence-electron chi connectivity index (χ4n) is 4.97. The van der Waals surface area contributed by atoms with Crippen LogP contribution in [0.15, 0.2) is 47.4 Å². The van der Waals surface area contributed by atoms with Crippen LogP contribution in [0.4, 0.5) is 34.1 Å². The van der Waals surface area contributed by atoms with Crippen molar-refractivity contribution in [1.29, 1.82) is 0 Å². The van der Waals surface area contributed by atoms with Gasteiger partial charge in [0.2, 0.25) is 16.0 Å². The van der Waals surface area contributed by atoms with Gasteiger partial charge in [-0.25, -0.2) is 12.8 Å². The molecule has 3 heterocycles. The number of aromatic nitrogens is 2. The normalized spacial score (nSPS) is 17.0. The topological polar surface area (TPSA) is 98.7 Å². The molecule has 0 radical (unpaired) electrons. The fourth-order valence-corrected chi connectivity index (χ4v) is 6.81. The van der Waals surface area contributed by atoms with Gasteiger partial charge in [0.25, 0.3) is 10.0 Å². The number of amides is 1. The Kier molecular flexibility index (Phi) is 7.61. The molecule has 0 spiro atoms. The maximum atomic E-state index is 13.7. The standard InChI is InChI=1S/C25H26F4N6O3S2/c1-16(35-10-2-3-17-15-18(26)4-9-21(17)35)22(36)34-13-11-33(12-14-34)19-5-7-20(8-6-19)40(37,38)32-24-31-30-23(39-24)25(27,28)29/h4-9,15-16H,2-3,10-14H2,1H3,(H,31,32)/t16-/m0/s1. The molecule has 0 bridgehead atoms. The number of alkyl halides is 3. The fraction of sp³-hybridized carbons (Fsp3) is 0.400. The third-order valence-electron chi connectivity index (χ3n) is 7.01. The average molecular weight is 599 g/mol. The molecule has 2 aliphatic heterocycles. The summed E-state index contributed by atoms with van der Waals surface area (Å²) in [5, 5.41) is 4.51. The van der Waals surface area contributed by atoms with Crippen LogP contribution >= 0.6 is 11.3 Å². The zero-order chi connectivity index (χ0) is 28.7. The highest BCUT2D eigenvalue weighted by Gasteiger charge is 2.36. The van der Waals surface area contributed by atoms with Crippen molar-refractivity contribution in [3.63, 3.8) is 0 Å². The van der Waals surface area contributed by atoms with E-state index in [2.05, 4.69) is 10.2 Å². The van der Waals surface area contributed by atoms with E-state index in [9.17, 15) is 30.8 Å². The lowest BCUT2D eigenvalue weighted by atomic mass is 9.99. The van der Waals surface area contributed by atoms with Crippen LogP contribution < -0.4 is 14.5 Å². The van der Waals surface area contributed by atoms with E-state index >= 15 is 0 Å². The van der Waals surface area contributed by atoms with E-state index in [0.29, 0.717) is 26.2 Å². The number of halogens is 4. The number of benzene rings is 2. The maximum Gasteiger partial charge on any atom is 0.445 e. The zero-order valence-corrected chi connectivity index (χ0v) is 23.0. The third kappa shape index (κ3) is 5.84. The number of rotatable bonds is 6. The molecule has 1 amide bonds. The Balaban J connectivity index is 1.18. The SMILES string of the molecule is C[C@@H](C(=O)N1CCN(c2ccc(S(=O)(=O)Nc3nnc(C(F)(F)F)s3)cc2)CC1)N1CCCc2cc(F)ccc21. The van der Waals surface area contributed by atoms with Crippen molar-refractivity contribution < 1.29 is 30.8 Å². The molecule has 15 heteroatoms. The first kappa shape index (κ1) is 28.1. The van der Waals surface area contributed by atoms with E-state index in [0.717, 1.165) is 36.3 Å². The van der Waals surface area contributed by atoms with Crippen molar-refractivity contribution in [3.8, 4) is 0 Å². The number of piperazine rings is 1. The highest BCUT2D eigenvalue weighted by atomic mass is 32.2. The summed E-state index contributed by atoms with van der Waals surface area (Å²) < 4.78 is 79.1. The molecule has 1 fully saturated rings. The van der Waals surface area contributed by atoms with Crippen molar-refractivity contribution in [2.24, 2.45) is 0 Å². The maximum absolute atomic E-state index is 13.7. The largest absolute Gasteiger partial charge is 0.445 e. The van der Waals surface area contributed by atoms with Crippen molar-refractivity contribution in [1.82, 2.24) is 15.1 Å². The van der Waals surface area contributed by atoms with Crippen molar-refractivity contribution in [2.75, 3.05) is 47.2 Å². The molecular formula is C25H26F4N6O3S2. The second kappa shape index (κ2) is 10.8. The molecule has 1 aromatic heterocycles. The second-order valence-corrected chi connectivity index (χ2v) is 12.2. The average Bonchev–Trinajstić information content (AvgIpc) is 3.40. The number of aryl methyl sites for hydroxylation is 1. The molecule has 9 nitrogen and oxygen atoms in total. The number of nitrogens with zero attached hydrogens (tertiary/aromatic N) is 5. The summed E-state index contributed by atoms with van der Waals surface area (Å²) in [4.78, 5) is 19.1. The molecular weight excluding hydrogens is 572 g/mol. The molecule has 0 unspecified atom stereocenters. The molecule has 1 N–H and O–H groups in total. The van der Waals surface area contributed by atoms with Crippen LogP contribution in [-0.2, 0) is 27.4 Å². The Labute approximate surface area is 232 Å². The molecule has 40 heavy (non-hydrogen) atoms. The van der Waals surface area contributed by atoms with Gasteiger partial charge in [-0.15, -0.1) is 10.2 Å². The summed E-state index contributed by atoms with van der Waals surface area (Å²) in [6, 6.07) is 10.2. The van der Waals surface area contributed by atoms with Crippen LogP contribution in [0.1, 0.15) is 23.9 Å². The zero-order valence-electron chi connectivity index (χ0n) is 21.4. The van der Waals surface area contributed by atoms with Gasteiger partial charge in [-0.05, 0) is 67.8 Å². The van der Waals surface area contributed by atoms with E-state index in [-0.39, 0.29) is 28.0 Å². The molecule has 0 saturated carbocycles. The number of nitrogens with one attached hydrogen (secondary N) is 1. The number of carbonyl (C=O) groups is 1. The van der Waals surface area contributed by atoms with Crippen LogP contribution in [-0.4, -0.2) is 68.2 Å². The predicted octanol–water partition coefficient (Wildman–Crippen LogP) is 3.99. The molecule has 5 rings (SSSR count). The van der Waals surface area contributed by atoms with E-state index in [4.69, 9.17) is 0 Å². The van der Waals surface area contributed by atoms with Crippen molar-refractivity contribution >= 4 is 43.8 Å². The number of anilines is 3. The third-order valence-corrected chi connectivity index (χ3v) is 9.38. The molecule has 2 aliphatic rings. The summed E-state index contributed by atoms with van der Waals surface area (Å²) in [5.41, 5.74) is 2.55. The van der Waals surface area contributed by atoms with Gasteiger partial charge in [-0.3, -0.25) is 9.52 Å². The van der Waals surface area contributed by atoms with Crippen LogP contribution in [0.3, 0.4) is 0 Å². The Hall–Kier alpha value is -3.46. The lowest BCUT2D eigenvalue weighted by Gasteiger charge is -2.41. The monoisotopic (exact) mass is 598 g/mol. The van der Waals surface area contributed by atoms with E-state index < -0.39 is 32.4 Å². The van der Waals surface area contributed by atoms with Crippen LogP contribution in [0.25, 0.3) is 0 Å². The summed E-state index contributed by atoms with van der Waals surface area (Å²) in [5.74, 6) is -0.288. The van der Waals surface area contributed by atoms with Crippen LogP contribution in [0.2, 0.25) is 0 Å². The minimum Gasteiger partial charge on any atom is -0.368 e. The Morgan fingerprint density at radius 1 is 1.02 bits per heavy atom. The number of fused-ring (bicyclic) bond motifs is 1. The molecule has 1 saturated heterocycles. The summed E-state index contributed by atoms with van der Waals surface area (Å²) >= 11 is 0.102. The van der Waals surface area contributed by atoms with Crippen LogP contribution in [0, 0.1) is 5.82 Å². The van der Waals surface area contributed by atoms with Crippen molar-refractivity contribution in [3.05, 3.63) is 58.9 Å². The van der Waals surface area contributed by atoms with Crippen molar-refractivity contribution in [2.45, 2.75) is 36.9 Å². The Bertz CT molecular complexity index is 1490. The smallest absolute Gasteiger partial charge is 0.368 e. The molecule has 214 valence electrons. The number of hydrogen-bond acceptors (Lipinski definition) is 8. The molecule has 1 atom stereocenters. The van der Waals surface area contributed by atoms with Gasteiger partial charge >= 0.3 is 6.18 Å². The van der Waals surface area contributed by atoms with Gasteiger partial charge in [0.15, 0.2) is 0 Å². The summed E-state index contributed by atoms with van der Waals surface area (Å²) in [7, 11) is -4.16. The molecule has 0 aliphatic carbocycles. The highest BCUT2D eigenvalue weighted by molar-refractivity contribution is 7.93. The molecule has 3 aromatic rings. The lowest BCUT2D eigenvalue weighted by molar-refractivity contribution is -0.138. The van der Waals surface area contributed by atoms with Gasteiger partial charge in [0, 0.05) is 44.1 Å². The second-order valence-electron chi connectivity index (χ2n) is 9.57. The first-order chi connectivity index (χ1) is 18.9. The first-order valence-electron chi connectivity index (χ1n) is 12.5. The van der Waals surface area contributed by atoms with Gasteiger partial charge < -0.3 is 14.7 Å². The van der Waals surface area contributed by atoms with Gasteiger partial charge in [0.1, 0.15) is 11.9 Å². The first-order valence-corrected chi connectivity index (χ1v) is 14.8.